The molecule has 0 radical (unpaired) electrons. The van der Waals surface area contributed by atoms with E-state index in [0.717, 1.165) is 82.2 Å². The number of anilines is 2. The minimum atomic E-state index is 0.503. The van der Waals surface area contributed by atoms with Crippen LogP contribution in [0.3, 0.4) is 0 Å². The number of hydrogen-bond acceptors (Lipinski definition) is 8. The lowest BCUT2D eigenvalue weighted by Gasteiger charge is -2.33. The van der Waals surface area contributed by atoms with Gasteiger partial charge in [0.1, 0.15) is 6.07 Å². The van der Waals surface area contributed by atoms with E-state index < -0.39 is 0 Å². The molecule has 1 saturated heterocycles. The highest BCUT2D eigenvalue weighted by molar-refractivity contribution is 7.99. The Balaban J connectivity index is 1.29. The van der Waals surface area contributed by atoms with Crippen molar-refractivity contribution in [1.82, 2.24) is 24.3 Å². The number of imidazole rings is 1. The van der Waals surface area contributed by atoms with Gasteiger partial charge in [-0.15, -0.1) is 11.3 Å². The molecule has 1 aliphatic heterocycles. The van der Waals surface area contributed by atoms with Gasteiger partial charge in [0.2, 0.25) is 0 Å². The first-order valence-electron chi connectivity index (χ1n) is 12.7. The first kappa shape index (κ1) is 26.7. The third-order valence-electron chi connectivity index (χ3n) is 6.67. The average molecular weight is 564 g/mol. The Morgan fingerprint density at radius 1 is 1.18 bits per heavy atom. The number of piperazine rings is 1. The normalized spacial score (nSPS) is 14.9. The van der Waals surface area contributed by atoms with Gasteiger partial charge in [-0.1, -0.05) is 36.4 Å². The van der Waals surface area contributed by atoms with E-state index in [1.165, 1.54) is 11.8 Å². The molecule has 0 atom stereocenters. The number of fused-ring (bicyclic) bond motifs is 1. The molecule has 7 nitrogen and oxygen atoms in total. The van der Waals surface area contributed by atoms with Crippen LogP contribution in [0.2, 0.25) is 5.02 Å². The van der Waals surface area contributed by atoms with E-state index in [4.69, 9.17) is 11.6 Å². The summed E-state index contributed by atoms with van der Waals surface area (Å²) in [5.41, 5.74) is 2.96. The summed E-state index contributed by atoms with van der Waals surface area (Å²) in [4.78, 5) is 16.0. The number of nitrogens with one attached hydrogen (secondary N) is 1. The van der Waals surface area contributed by atoms with Crippen molar-refractivity contribution in [2.75, 3.05) is 44.6 Å². The van der Waals surface area contributed by atoms with E-state index in [9.17, 15) is 5.26 Å². The van der Waals surface area contributed by atoms with Gasteiger partial charge in [-0.05, 0) is 43.3 Å². The first-order valence-corrected chi connectivity index (χ1v) is 14.7. The van der Waals surface area contributed by atoms with Crippen LogP contribution in [-0.4, -0.2) is 63.6 Å². The number of pyridine rings is 1. The van der Waals surface area contributed by atoms with Gasteiger partial charge in [0.15, 0.2) is 5.16 Å². The maximum Gasteiger partial charge on any atom is 0.172 e. The summed E-state index contributed by atoms with van der Waals surface area (Å²) in [6.45, 7) is 9.07. The number of benzene rings is 1. The van der Waals surface area contributed by atoms with Crippen LogP contribution in [0, 0.1) is 11.3 Å². The maximum absolute atomic E-state index is 9.77. The van der Waals surface area contributed by atoms with Crippen molar-refractivity contribution in [3.05, 3.63) is 64.4 Å². The number of hydrogen-bond donors (Lipinski definition) is 1. The first-order chi connectivity index (χ1) is 18.5. The number of nitrogens with zero attached hydrogens (tertiary/aromatic N) is 6. The van der Waals surface area contributed by atoms with E-state index in [2.05, 4.69) is 56.3 Å². The molecule has 0 aliphatic carbocycles. The van der Waals surface area contributed by atoms with E-state index in [0.29, 0.717) is 10.6 Å². The van der Waals surface area contributed by atoms with Gasteiger partial charge in [-0.3, -0.25) is 4.98 Å². The van der Waals surface area contributed by atoms with Crippen LogP contribution in [-0.2, 0) is 7.05 Å². The Kier molecular flexibility index (Phi) is 8.67. The summed E-state index contributed by atoms with van der Waals surface area (Å²) in [5.74, 6) is 0. The lowest BCUT2D eigenvalue weighted by Crippen LogP contribution is -2.46. The van der Waals surface area contributed by atoms with Gasteiger partial charge in [-0.2, -0.15) is 5.26 Å². The Morgan fingerprint density at radius 3 is 2.71 bits per heavy atom. The zero-order chi connectivity index (χ0) is 26.5. The highest BCUT2D eigenvalue weighted by Gasteiger charge is 2.15. The molecule has 1 N–H and O–H groups in total. The Hall–Kier alpha value is -2.87. The topological polar surface area (TPSA) is 73.0 Å². The fraction of sp³-hybridized carbons (Fsp3) is 0.321. The van der Waals surface area contributed by atoms with Crippen molar-refractivity contribution in [2.45, 2.75) is 23.4 Å². The quantitative estimate of drug-likeness (QED) is 0.249. The summed E-state index contributed by atoms with van der Waals surface area (Å²) in [6.07, 6.45) is 10.7. The molecule has 0 bridgehead atoms. The van der Waals surface area contributed by atoms with Gasteiger partial charge < -0.3 is 19.7 Å². The van der Waals surface area contributed by atoms with Gasteiger partial charge in [-0.25, -0.2) is 4.98 Å². The van der Waals surface area contributed by atoms with Crippen molar-refractivity contribution in [3.8, 4) is 6.07 Å². The van der Waals surface area contributed by atoms with E-state index >= 15 is 0 Å². The van der Waals surface area contributed by atoms with Gasteiger partial charge in [0, 0.05) is 73.8 Å². The average Bonchev–Trinajstić information content (AvgIpc) is 3.54. The molecule has 1 fully saturated rings. The number of aryl methyl sites for hydroxylation is 1. The third kappa shape index (κ3) is 6.22. The summed E-state index contributed by atoms with van der Waals surface area (Å²) in [5, 5.41) is 14.7. The number of thiophene rings is 1. The van der Waals surface area contributed by atoms with Gasteiger partial charge in [0.05, 0.1) is 26.5 Å². The minimum Gasteiger partial charge on any atom is -0.353 e. The van der Waals surface area contributed by atoms with E-state index in [-0.39, 0.29) is 0 Å². The molecular weight excluding hydrogens is 534 g/mol. The molecule has 0 spiro atoms. The van der Waals surface area contributed by atoms with E-state index in [1.807, 2.05) is 36.0 Å². The summed E-state index contributed by atoms with van der Waals surface area (Å²) < 4.78 is 2.91. The number of aromatic nitrogens is 3. The van der Waals surface area contributed by atoms with Crippen LogP contribution in [0.25, 0.3) is 16.3 Å². The van der Waals surface area contributed by atoms with Gasteiger partial charge in [0.25, 0.3) is 0 Å². The SMILES string of the molecule is CCN1CCN(CC/C=C/c2cc3ncc(C#N)c(Nc4ccc(Sc5nccn5C)c(Cl)c4)c3s2)CC1. The zero-order valence-electron chi connectivity index (χ0n) is 21.5. The predicted molar refractivity (Wildman–Crippen MR) is 159 cm³/mol. The second-order valence-electron chi connectivity index (χ2n) is 9.18. The summed E-state index contributed by atoms with van der Waals surface area (Å²) in [6, 6.07) is 10.2. The zero-order valence-corrected chi connectivity index (χ0v) is 23.9. The minimum absolute atomic E-state index is 0.503. The molecule has 10 heteroatoms. The van der Waals surface area contributed by atoms with Crippen molar-refractivity contribution in [1.29, 1.82) is 5.26 Å². The molecule has 4 aromatic rings. The molecule has 0 unspecified atom stereocenters. The Morgan fingerprint density at radius 2 is 2.00 bits per heavy atom. The number of halogens is 1. The molecule has 196 valence electrons. The van der Waals surface area contributed by atoms with Crippen molar-refractivity contribution < 1.29 is 0 Å². The number of nitriles is 1. The lowest BCUT2D eigenvalue weighted by molar-refractivity contribution is 0.139. The molecule has 1 aromatic carbocycles. The lowest BCUT2D eigenvalue weighted by atomic mass is 10.2. The molecule has 5 rings (SSSR count). The highest BCUT2D eigenvalue weighted by Crippen LogP contribution is 2.38. The second kappa shape index (κ2) is 12.3. The molecule has 1 aliphatic rings. The van der Waals surface area contributed by atoms with Crippen molar-refractivity contribution in [2.24, 2.45) is 7.05 Å². The summed E-state index contributed by atoms with van der Waals surface area (Å²) >= 11 is 9.77. The van der Waals surface area contributed by atoms with Crippen LogP contribution >= 0.6 is 34.7 Å². The largest absolute Gasteiger partial charge is 0.353 e. The second-order valence-corrected chi connectivity index (χ2v) is 11.7. The fourth-order valence-electron chi connectivity index (χ4n) is 4.43. The molecule has 3 aromatic heterocycles. The standard InChI is InChI=1S/C28H30ClN7S2/c1-3-35-12-14-36(15-13-35)10-5-4-6-22-17-24-27(37-22)26(20(18-30)19-32-24)33-21-7-8-25(23(29)16-21)38-28-31-9-11-34(28)2/h4,6-9,11,16-17,19H,3,5,10,12-15H2,1-2H3,(H,32,33)/b6-4+. The van der Waals surface area contributed by atoms with Crippen molar-refractivity contribution >= 4 is 62.4 Å². The van der Waals surface area contributed by atoms with Crippen molar-refractivity contribution in [3.63, 3.8) is 0 Å². The monoisotopic (exact) mass is 563 g/mol. The molecule has 0 saturated carbocycles. The van der Waals surface area contributed by atoms with Crippen LogP contribution in [0.15, 0.2) is 59.0 Å². The van der Waals surface area contributed by atoms with Crippen LogP contribution < -0.4 is 5.32 Å². The van der Waals surface area contributed by atoms with Crippen LogP contribution in [0.1, 0.15) is 23.8 Å². The fourth-order valence-corrected chi connectivity index (χ4v) is 6.58. The number of rotatable bonds is 9. The third-order valence-corrected chi connectivity index (χ3v) is 9.35. The Bertz CT molecular complexity index is 1480. The van der Waals surface area contributed by atoms with E-state index in [1.54, 1.807) is 23.7 Å². The maximum atomic E-state index is 9.77. The molecular formula is C28H30ClN7S2. The number of likely N-dealkylation sites (N-methyl/N-ethyl adjacent to an activating group) is 1. The Labute approximate surface area is 236 Å². The molecule has 0 amide bonds. The van der Waals surface area contributed by atoms with Gasteiger partial charge >= 0.3 is 0 Å². The van der Waals surface area contributed by atoms with Crippen LogP contribution in [0.5, 0.6) is 0 Å². The molecule has 38 heavy (non-hydrogen) atoms. The molecule has 4 heterocycles. The summed E-state index contributed by atoms with van der Waals surface area (Å²) in [7, 11) is 1.95. The smallest absolute Gasteiger partial charge is 0.172 e. The van der Waals surface area contributed by atoms with Crippen LogP contribution in [0.4, 0.5) is 11.4 Å². The highest BCUT2D eigenvalue weighted by atomic mass is 35.5. The predicted octanol–water partition coefficient (Wildman–Crippen LogP) is 6.49.